The van der Waals surface area contributed by atoms with Crippen molar-refractivity contribution in [1.29, 1.82) is 5.41 Å². The van der Waals surface area contributed by atoms with Crippen LogP contribution >= 0.6 is 11.8 Å². The van der Waals surface area contributed by atoms with Crippen LogP contribution in [0.25, 0.3) is 6.08 Å². The maximum Gasteiger partial charge on any atom is 0.346 e. The molecule has 1 N–H and O–H groups in total. The molecule has 0 aliphatic carbocycles. The summed E-state index contributed by atoms with van der Waals surface area (Å²) in [5, 5.41) is 15.5. The van der Waals surface area contributed by atoms with Crippen LogP contribution in [-0.4, -0.2) is 51.0 Å². The number of esters is 1. The number of halogens is 1. The second kappa shape index (κ2) is 8.62. The van der Waals surface area contributed by atoms with E-state index in [1.165, 1.54) is 47.1 Å². The van der Waals surface area contributed by atoms with Crippen LogP contribution in [0, 0.1) is 11.2 Å². The number of fused-ring (bicyclic) bond motifs is 1. The molecular weight excluding hydrogens is 445 g/mol. The highest BCUT2D eigenvalue weighted by molar-refractivity contribution is 8.26. The Balaban J connectivity index is 1.32. The number of hydrogen-bond donors (Lipinski definition) is 1. The van der Waals surface area contributed by atoms with E-state index < -0.39 is 17.7 Å². The molecule has 0 aromatic heterocycles. The Morgan fingerprint density at radius 1 is 1.09 bits per heavy atom. The minimum absolute atomic E-state index is 0.0400. The molecule has 1 fully saturated rings. The molecule has 33 heavy (non-hydrogen) atoms. The van der Waals surface area contributed by atoms with Gasteiger partial charge in [0.05, 0.1) is 11.1 Å². The van der Waals surface area contributed by atoms with Crippen molar-refractivity contribution in [2.75, 3.05) is 13.1 Å². The first-order valence-corrected chi connectivity index (χ1v) is 11.1. The lowest BCUT2D eigenvalue weighted by Crippen LogP contribution is -2.35. The highest BCUT2D eigenvalue weighted by atomic mass is 32.2. The predicted octanol–water partition coefficient (Wildman–Crippen LogP) is 3.72. The van der Waals surface area contributed by atoms with Gasteiger partial charge in [-0.15, -0.1) is 5.10 Å². The van der Waals surface area contributed by atoms with Crippen molar-refractivity contribution < 1.29 is 18.7 Å². The fourth-order valence-corrected chi connectivity index (χ4v) is 4.55. The molecule has 8 nitrogen and oxygen atoms in total. The molecular formula is C23H18FN5O3S. The van der Waals surface area contributed by atoms with E-state index >= 15 is 0 Å². The molecule has 166 valence electrons. The number of likely N-dealkylation sites (tertiary alicyclic amines) is 1. The number of nitrogens with one attached hydrogen (secondary N) is 1. The number of amidine groups is 3. The van der Waals surface area contributed by atoms with Gasteiger partial charge in [-0.2, -0.15) is 10.0 Å². The van der Waals surface area contributed by atoms with Crippen LogP contribution in [0.15, 0.2) is 64.2 Å². The third kappa shape index (κ3) is 4.17. The SMILES string of the molecule is N=C1/C(=C\c2ccc(OC(=O)c3ccccc3F)cc2)C(=O)N=C2SC(N3CCCC3)=NN12. The number of rotatable bonds is 3. The summed E-state index contributed by atoms with van der Waals surface area (Å²) < 4.78 is 19.0. The molecule has 0 unspecified atom stereocenters. The molecule has 0 atom stereocenters. The molecule has 3 aliphatic rings. The fraction of sp³-hybridized carbons (Fsp3) is 0.174. The molecule has 0 radical (unpaired) electrons. The molecule has 2 aromatic carbocycles. The Morgan fingerprint density at radius 2 is 1.82 bits per heavy atom. The number of ether oxygens (including phenoxy) is 1. The van der Waals surface area contributed by atoms with Crippen molar-refractivity contribution in [3.8, 4) is 5.75 Å². The van der Waals surface area contributed by atoms with E-state index in [1.807, 2.05) is 0 Å². The maximum absolute atomic E-state index is 13.8. The lowest BCUT2D eigenvalue weighted by atomic mass is 10.1. The molecule has 2 aromatic rings. The van der Waals surface area contributed by atoms with Gasteiger partial charge in [0.25, 0.3) is 5.91 Å². The van der Waals surface area contributed by atoms with E-state index in [0.29, 0.717) is 10.7 Å². The third-order valence-corrected chi connectivity index (χ3v) is 6.29. The minimum atomic E-state index is -0.802. The van der Waals surface area contributed by atoms with Crippen molar-refractivity contribution in [2.24, 2.45) is 10.1 Å². The van der Waals surface area contributed by atoms with E-state index in [9.17, 15) is 14.0 Å². The number of nitrogens with zero attached hydrogens (tertiary/aromatic N) is 4. The molecule has 1 amide bonds. The van der Waals surface area contributed by atoms with E-state index in [4.69, 9.17) is 10.1 Å². The van der Waals surface area contributed by atoms with Crippen LogP contribution in [-0.2, 0) is 4.79 Å². The van der Waals surface area contributed by atoms with Crippen LogP contribution in [0.1, 0.15) is 28.8 Å². The fourth-order valence-electron chi connectivity index (χ4n) is 3.61. The van der Waals surface area contributed by atoms with Crippen LogP contribution in [0.5, 0.6) is 5.75 Å². The quantitative estimate of drug-likeness (QED) is 0.423. The normalized spacial score (nSPS) is 19.0. The summed E-state index contributed by atoms with van der Waals surface area (Å²) in [6, 6.07) is 11.9. The smallest absolute Gasteiger partial charge is 0.346 e. The lowest BCUT2D eigenvalue weighted by Gasteiger charge is -2.20. The van der Waals surface area contributed by atoms with Gasteiger partial charge in [-0.25, -0.2) is 9.18 Å². The zero-order valence-electron chi connectivity index (χ0n) is 17.3. The zero-order chi connectivity index (χ0) is 22.9. The average Bonchev–Trinajstić information content (AvgIpc) is 3.48. The van der Waals surface area contributed by atoms with Gasteiger partial charge in [-0.3, -0.25) is 10.2 Å². The molecule has 0 saturated carbocycles. The lowest BCUT2D eigenvalue weighted by molar-refractivity contribution is -0.114. The number of amides is 1. The van der Waals surface area contributed by atoms with Gasteiger partial charge in [0.15, 0.2) is 11.0 Å². The summed E-state index contributed by atoms with van der Waals surface area (Å²) in [4.78, 5) is 31.0. The van der Waals surface area contributed by atoms with Crippen LogP contribution in [0.4, 0.5) is 4.39 Å². The summed E-state index contributed by atoms with van der Waals surface area (Å²) in [6.45, 7) is 1.82. The molecule has 5 rings (SSSR count). The second-order valence-corrected chi connectivity index (χ2v) is 8.47. The van der Waals surface area contributed by atoms with Crippen molar-refractivity contribution in [2.45, 2.75) is 12.8 Å². The van der Waals surface area contributed by atoms with E-state index in [-0.39, 0.29) is 22.7 Å². The van der Waals surface area contributed by atoms with Gasteiger partial charge >= 0.3 is 5.97 Å². The van der Waals surface area contributed by atoms with Gasteiger partial charge in [-0.05, 0) is 60.5 Å². The first-order valence-electron chi connectivity index (χ1n) is 10.3. The molecule has 10 heteroatoms. The van der Waals surface area contributed by atoms with E-state index in [1.54, 1.807) is 24.3 Å². The monoisotopic (exact) mass is 463 g/mol. The number of benzene rings is 2. The summed E-state index contributed by atoms with van der Waals surface area (Å²) in [5.74, 6) is -1.78. The number of aliphatic imine (C=N–C) groups is 1. The Hall–Kier alpha value is -3.79. The van der Waals surface area contributed by atoms with E-state index in [2.05, 4.69) is 15.0 Å². The number of hydrogen-bond acceptors (Lipinski definition) is 7. The van der Waals surface area contributed by atoms with Gasteiger partial charge < -0.3 is 9.64 Å². The highest BCUT2D eigenvalue weighted by Gasteiger charge is 2.37. The van der Waals surface area contributed by atoms with Gasteiger partial charge in [0, 0.05) is 13.1 Å². The summed E-state index contributed by atoms with van der Waals surface area (Å²) in [7, 11) is 0. The number of thioether (sulfide) groups is 1. The Labute approximate surface area is 192 Å². The van der Waals surface area contributed by atoms with Crippen molar-refractivity contribution in [1.82, 2.24) is 9.91 Å². The van der Waals surface area contributed by atoms with Crippen molar-refractivity contribution in [3.05, 3.63) is 71.0 Å². The third-order valence-electron chi connectivity index (χ3n) is 5.32. The molecule has 0 bridgehead atoms. The Kier molecular flexibility index (Phi) is 5.51. The first kappa shape index (κ1) is 21.1. The van der Waals surface area contributed by atoms with Gasteiger partial charge in [0.2, 0.25) is 5.17 Å². The summed E-state index contributed by atoms with van der Waals surface area (Å²) in [5.41, 5.74) is 0.570. The first-order chi connectivity index (χ1) is 16.0. The predicted molar refractivity (Wildman–Crippen MR) is 124 cm³/mol. The van der Waals surface area contributed by atoms with Gasteiger partial charge in [-0.1, -0.05) is 24.3 Å². The van der Waals surface area contributed by atoms with Gasteiger partial charge in [0.1, 0.15) is 11.6 Å². The minimum Gasteiger partial charge on any atom is -0.423 e. The van der Waals surface area contributed by atoms with E-state index in [0.717, 1.165) is 31.1 Å². The van der Waals surface area contributed by atoms with Crippen LogP contribution in [0.3, 0.4) is 0 Å². The summed E-state index contributed by atoms with van der Waals surface area (Å²) >= 11 is 1.30. The topological polar surface area (TPSA) is 98.4 Å². The molecule has 0 spiro atoms. The Morgan fingerprint density at radius 3 is 2.55 bits per heavy atom. The zero-order valence-corrected chi connectivity index (χ0v) is 18.1. The highest BCUT2D eigenvalue weighted by Crippen LogP contribution is 2.31. The average molecular weight is 463 g/mol. The number of hydrazone groups is 1. The standard InChI is InChI=1S/C23H18FN5O3S/c24-18-6-2-1-5-16(18)21(31)32-15-9-7-14(8-10-15)13-17-19(25)29-22(26-20(17)30)33-23(27-29)28-11-3-4-12-28/h1-2,5-10,13,25H,3-4,11-12H2/b17-13+,25-19?. The molecule has 3 aliphatic heterocycles. The summed E-state index contributed by atoms with van der Waals surface area (Å²) in [6.07, 6.45) is 3.74. The number of carbonyl (C=O) groups is 2. The maximum atomic E-state index is 13.8. The van der Waals surface area contributed by atoms with Crippen LogP contribution in [0.2, 0.25) is 0 Å². The van der Waals surface area contributed by atoms with Crippen molar-refractivity contribution >= 4 is 45.9 Å². The van der Waals surface area contributed by atoms with Crippen molar-refractivity contribution in [3.63, 3.8) is 0 Å². The second-order valence-electron chi connectivity index (χ2n) is 7.54. The largest absolute Gasteiger partial charge is 0.423 e. The van der Waals surface area contributed by atoms with Crippen LogP contribution < -0.4 is 4.74 Å². The molecule has 1 saturated heterocycles. The Bertz CT molecular complexity index is 1250. The number of carbonyl (C=O) groups excluding carboxylic acids is 2. The molecule has 3 heterocycles.